The molecule has 2 aromatic heterocycles. The molecule has 4 aromatic rings. The molecule has 0 atom stereocenters. The Hall–Kier alpha value is -3.85. The summed E-state index contributed by atoms with van der Waals surface area (Å²) in [5.41, 5.74) is 5.34. The van der Waals surface area contributed by atoms with Crippen molar-refractivity contribution in [1.29, 1.82) is 0 Å². The average molecular weight is 476 g/mol. The maximum absolute atomic E-state index is 13.7. The molecule has 0 bridgehead atoms. The molecule has 0 saturated carbocycles. The van der Waals surface area contributed by atoms with Crippen LogP contribution in [-0.2, 0) is 19.5 Å². The summed E-state index contributed by atoms with van der Waals surface area (Å²) in [6, 6.07) is 9.49. The van der Waals surface area contributed by atoms with Crippen LogP contribution in [0.5, 0.6) is 0 Å². The quantitative estimate of drug-likeness (QED) is 0.332. The summed E-state index contributed by atoms with van der Waals surface area (Å²) >= 11 is 0. The summed E-state index contributed by atoms with van der Waals surface area (Å²) in [7, 11) is 0. The number of hydrogen-bond acceptors (Lipinski definition) is 6. The van der Waals surface area contributed by atoms with Crippen LogP contribution < -0.4 is 16.0 Å². The monoisotopic (exact) mass is 475 g/mol. The van der Waals surface area contributed by atoms with Crippen molar-refractivity contribution in [2.24, 2.45) is 5.92 Å². The van der Waals surface area contributed by atoms with Gasteiger partial charge in [-0.05, 0) is 54.3 Å². The number of fused-ring (bicyclic) bond motifs is 1. The Morgan fingerprint density at radius 2 is 1.83 bits per heavy atom. The number of benzene rings is 2. The van der Waals surface area contributed by atoms with Gasteiger partial charge in [0, 0.05) is 54.1 Å². The standard InChI is InChI=1S/C26H27F2N7/c1-16(2)14-35-15-19(12-31-35)24-13-30-26(33-23-9-20(27)8-21(28)10-23)34-25(24)32-22-4-3-17-5-6-29-11-18(17)7-22/h3-4,7-10,12-13,15-16,29H,5-6,11,14H2,1-2H3,(H2,30,32,33,34). The van der Waals surface area contributed by atoms with E-state index in [0.29, 0.717) is 11.7 Å². The number of aromatic nitrogens is 4. The molecule has 35 heavy (non-hydrogen) atoms. The first-order chi connectivity index (χ1) is 16.9. The number of nitrogens with zero attached hydrogens (tertiary/aromatic N) is 4. The fourth-order valence-corrected chi connectivity index (χ4v) is 4.18. The molecule has 0 radical (unpaired) electrons. The van der Waals surface area contributed by atoms with Crippen molar-refractivity contribution in [3.8, 4) is 11.1 Å². The predicted octanol–water partition coefficient (Wildman–Crippen LogP) is 5.41. The fourth-order valence-electron chi connectivity index (χ4n) is 4.18. The molecule has 9 heteroatoms. The van der Waals surface area contributed by atoms with Gasteiger partial charge in [0.05, 0.1) is 6.20 Å². The predicted molar refractivity (Wildman–Crippen MR) is 133 cm³/mol. The van der Waals surface area contributed by atoms with E-state index in [1.54, 1.807) is 12.4 Å². The van der Waals surface area contributed by atoms with Gasteiger partial charge < -0.3 is 16.0 Å². The number of nitrogens with one attached hydrogen (secondary N) is 3. The van der Waals surface area contributed by atoms with Gasteiger partial charge >= 0.3 is 0 Å². The highest BCUT2D eigenvalue weighted by atomic mass is 19.1. The van der Waals surface area contributed by atoms with Gasteiger partial charge in [0.15, 0.2) is 0 Å². The van der Waals surface area contributed by atoms with Crippen molar-refractivity contribution < 1.29 is 8.78 Å². The van der Waals surface area contributed by atoms with Crippen molar-refractivity contribution >= 4 is 23.1 Å². The summed E-state index contributed by atoms with van der Waals surface area (Å²) in [5, 5.41) is 14.2. The molecule has 3 N–H and O–H groups in total. The minimum atomic E-state index is -0.678. The van der Waals surface area contributed by atoms with Crippen molar-refractivity contribution in [3.63, 3.8) is 0 Å². The van der Waals surface area contributed by atoms with Crippen molar-refractivity contribution in [2.45, 2.75) is 33.4 Å². The van der Waals surface area contributed by atoms with Crippen LogP contribution in [0.2, 0.25) is 0 Å². The molecule has 1 aliphatic heterocycles. The lowest BCUT2D eigenvalue weighted by molar-refractivity contribution is 0.483. The normalized spacial score (nSPS) is 13.1. The van der Waals surface area contributed by atoms with Gasteiger partial charge in [-0.3, -0.25) is 4.68 Å². The van der Waals surface area contributed by atoms with Crippen LogP contribution in [0.1, 0.15) is 25.0 Å². The van der Waals surface area contributed by atoms with Crippen LogP contribution in [-0.4, -0.2) is 26.3 Å². The summed E-state index contributed by atoms with van der Waals surface area (Å²) in [5.74, 6) is -0.119. The lowest BCUT2D eigenvalue weighted by atomic mass is 10.0. The van der Waals surface area contributed by atoms with Gasteiger partial charge in [-0.15, -0.1) is 0 Å². The first-order valence-electron chi connectivity index (χ1n) is 11.7. The largest absolute Gasteiger partial charge is 0.340 e. The molecule has 2 aromatic carbocycles. The third-order valence-electron chi connectivity index (χ3n) is 5.76. The molecule has 180 valence electrons. The van der Waals surface area contributed by atoms with Crippen LogP contribution in [0.4, 0.5) is 31.9 Å². The van der Waals surface area contributed by atoms with E-state index in [2.05, 4.69) is 57.0 Å². The zero-order chi connectivity index (χ0) is 24.4. The van der Waals surface area contributed by atoms with Crippen LogP contribution in [0.15, 0.2) is 55.0 Å². The molecule has 0 saturated heterocycles. The minimum absolute atomic E-state index is 0.218. The van der Waals surface area contributed by atoms with Crippen LogP contribution in [0.25, 0.3) is 11.1 Å². The highest BCUT2D eigenvalue weighted by Crippen LogP contribution is 2.31. The van der Waals surface area contributed by atoms with Crippen LogP contribution in [0.3, 0.4) is 0 Å². The minimum Gasteiger partial charge on any atom is -0.340 e. The van der Waals surface area contributed by atoms with Gasteiger partial charge in [0.2, 0.25) is 5.95 Å². The Morgan fingerprint density at radius 1 is 1.00 bits per heavy atom. The van der Waals surface area contributed by atoms with Gasteiger partial charge in [0.25, 0.3) is 0 Å². The number of halogens is 2. The fraction of sp³-hybridized carbons (Fsp3) is 0.269. The van der Waals surface area contributed by atoms with Gasteiger partial charge in [-0.25, -0.2) is 13.8 Å². The molecule has 0 fully saturated rings. The van der Waals surface area contributed by atoms with E-state index in [1.165, 1.54) is 23.3 Å². The SMILES string of the molecule is CC(C)Cn1cc(-c2cnc(Nc3cc(F)cc(F)c3)nc2Nc2ccc3c(c2)CNCC3)cn1. The Morgan fingerprint density at radius 3 is 2.63 bits per heavy atom. The topological polar surface area (TPSA) is 79.7 Å². The van der Waals surface area contributed by atoms with Gasteiger partial charge in [0.1, 0.15) is 17.5 Å². The zero-order valence-electron chi connectivity index (χ0n) is 19.6. The van der Waals surface area contributed by atoms with Crippen LogP contribution >= 0.6 is 0 Å². The molecular weight excluding hydrogens is 448 g/mol. The van der Waals surface area contributed by atoms with E-state index in [1.807, 2.05) is 16.9 Å². The molecule has 3 heterocycles. The second-order valence-corrected chi connectivity index (χ2v) is 9.12. The third kappa shape index (κ3) is 5.46. The third-order valence-corrected chi connectivity index (χ3v) is 5.76. The van der Waals surface area contributed by atoms with Crippen molar-refractivity contribution in [3.05, 3.63) is 77.8 Å². The lowest BCUT2D eigenvalue weighted by Crippen LogP contribution is -2.23. The highest BCUT2D eigenvalue weighted by molar-refractivity contribution is 5.78. The van der Waals surface area contributed by atoms with E-state index in [4.69, 9.17) is 0 Å². The molecule has 0 unspecified atom stereocenters. The van der Waals surface area contributed by atoms with Gasteiger partial charge in [-0.1, -0.05) is 19.9 Å². The number of anilines is 4. The van der Waals surface area contributed by atoms with E-state index in [9.17, 15) is 8.78 Å². The summed E-state index contributed by atoms with van der Waals surface area (Å²) in [6.45, 7) is 6.87. The molecule has 0 spiro atoms. The molecular formula is C26H27F2N7. The summed E-state index contributed by atoms with van der Waals surface area (Å²) < 4.78 is 29.2. The molecule has 0 amide bonds. The Kier molecular flexibility index (Phi) is 6.41. The molecule has 1 aliphatic rings. The molecule has 5 rings (SSSR count). The summed E-state index contributed by atoms with van der Waals surface area (Å²) in [6.07, 6.45) is 6.44. The second kappa shape index (κ2) is 9.79. The lowest BCUT2D eigenvalue weighted by Gasteiger charge is -2.19. The smallest absolute Gasteiger partial charge is 0.229 e. The van der Waals surface area contributed by atoms with Crippen molar-refractivity contribution in [2.75, 3.05) is 17.2 Å². The first kappa shape index (κ1) is 22.9. The number of hydrogen-bond donors (Lipinski definition) is 3. The van der Waals surface area contributed by atoms with Crippen molar-refractivity contribution in [1.82, 2.24) is 25.1 Å². The van der Waals surface area contributed by atoms with Crippen LogP contribution in [0, 0.1) is 17.6 Å². The summed E-state index contributed by atoms with van der Waals surface area (Å²) in [4.78, 5) is 9.05. The Bertz CT molecular complexity index is 1330. The first-order valence-corrected chi connectivity index (χ1v) is 11.7. The van der Waals surface area contributed by atoms with E-state index >= 15 is 0 Å². The Balaban J connectivity index is 1.50. The highest BCUT2D eigenvalue weighted by Gasteiger charge is 2.15. The average Bonchev–Trinajstić information content (AvgIpc) is 3.26. The second-order valence-electron chi connectivity index (χ2n) is 9.12. The molecule has 7 nitrogen and oxygen atoms in total. The molecule has 0 aliphatic carbocycles. The zero-order valence-corrected chi connectivity index (χ0v) is 19.6. The number of rotatable bonds is 7. The van der Waals surface area contributed by atoms with E-state index < -0.39 is 11.6 Å². The van der Waals surface area contributed by atoms with E-state index in [-0.39, 0.29) is 11.6 Å². The maximum Gasteiger partial charge on any atom is 0.229 e. The Labute approximate surface area is 202 Å². The van der Waals surface area contributed by atoms with E-state index in [0.717, 1.165) is 48.9 Å². The maximum atomic E-state index is 13.7. The van der Waals surface area contributed by atoms with Gasteiger partial charge in [-0.2, -0.15) is 10.1 Å².